The number of carbonyl (C=O) groups is 1. The normalized spacial score (nSPS) is 11.3. The molecule has 5 nitrogen and oxygen atoms in total. The molecule has 1 heterocycles. The van der Waals surface area contributed by atoms with E-state index in [0.29, 0.717) is 19.4 Å². The van der Waals surface area contributed by atoms with Crippen LogP contribution in [0.3, 0.4) is 0 Å². The molecular weight excluding hydrogens is 250 g/mol. The van der Waals surface area contributed by atoms with Crippen molar-refractivity contribution in [2.24, 2.45) is 0 Å². The topological polar surface area (TPSA) is 74.2 Å². The highest BCUT2D eigenvalue weighted by Crippen LogP contribution is 2.13. The number of rotatable bonds is 6. The molecule has 0 saturated heterocycles. The Hall–Kier alpha value is -1.14. The molecule has 1 rings (SSSR count). The van der Waals surface area contributed by atoms with E-state index in [0.717, 1.165) is 9.88 Å². The lowest BCUT2D eigenvalue weighted by atomic mass is 9.98. The predicted octanol–water partition coefficient (Wildman–Crippen LogP) is 1.80. The number of amides is 2. The number of nitrogens with one attached hydrogen (secondary N) is 2. The molecular formula is C12H21N3O2S. The Morgan fingerprint density at radius 2 is 2.11 bits per heavy atom. The molecule has 102 valence electrons. The summed E-state index contributed by atoms with van der Waals surface area (Å²) in [7, 11) is 0. The van der Waals surface area contributed by atoms with Crippen LogP contribution in [0.5, 0.6) is 0 Å². The van der Waals surface area contributed by atoms with Crippen molar-refractivity contribution in [2.45, 2.75) is 45.8 Å². The van der Waals surface area contributed by atoms with Crippen molar-refractivity contribution in [1.29, 1.82) is 0 Å². The van der Waals surface area contributed by atoms with Gasteiger partial charge in [-0.05, 0) is 19.8 Å². The minimum atomic E-state index is -0.807. The number of hydrogen-bond donors (Lipinski definition) is 3. The van der Waals surface area contributed by atoms with Crippen molar-refractivity contribution in [1.82, 2.24) is 15.6 Å². The van der Waals surface area contributed by atoms with Gasteiger partial charge in [-0.15, -0.1) is 11.3 Å². The zero-order chi connectivity index (χ0) is 13.6. The van der Waals surface area contributed by atoms with Gasteiger partial charge in [0.2, 0.25) is 0 Å². The largest absolute Gasteiger partial charge is 0.388 e. The molecule has 6 heteroatoms. The summed E-state index contributed by atoms with van der Waals surface area (Å²) < 4.78 is 0. The summed E-state index contributed by atoms with van der Waals surface area (Å²) in [6.45, 7) is 6.48. The highest BCUT2D eigenvalue weighted by molar-refractivity contribution is 7.11. The second-order valence-corrected chi connectivity index (χ2v) is 5.63. The number of aromatic nitrogens is 1. The van der Waals surface area contributed by atoms with Crippen molar-refractivity contribution in [2.75, 3.05) is 6.54 Å². The van der Waals surface area contributed by atoms with E-state index >= 15 is 0 Å². The second kappa shape index (κ2) is 6.70. The number of aryl methyl sites for hydroxylation is 1. The van der Waals surface area contributed by atoms with E-state index in [1.54, 1.807) is 17.5 Å². The Morgan fingerprint density at radius 3 is 2.61 bits per heavy atom. The summed E-state index contributed by atoms with van der Waals surface area (Å²) in [5, 5.41) is 16.4. The molecule has 1 aromatic rings. The van der Waals surface area contributed by atoms with Crippen molar-refractivity contribution in [3.8, 4) is 0 Å². The first-order chi connectivity index (χ1) is 8.49. The van der Waals surface area contributed by atoms with Gasteiger partial charge < -0.3 is 15.7 Å². The van der Waals surface area contributed by atoms with Crippen LogP contribution in [0, 0.1) is 6.92 Å². The Kier molecular flexibility index (Phi) is 5.55. The smallest absolute Gasteiger partial charge is 0.315 e. The monoisotopic (exact) mass is 271 g/mol. The minimum absolute atomic E-state index is 0.263. The molecule has 0 aliphatic rings. The van der Waals surface area contributed by atoms with Gasteiger partial charge in [-0.2, -0.15) is 0 Å². The summed E-state index contributed by atoms with van der Waals surface area (Å²) in [5.74, 6) is 0. The van der Waals surface area contributed by atoms with Crippen LogP contribution in [0.25, 0.3) is 0 Å². The average molecular weight is 271 g/mol. The fourth-order valence-corrected chi connectivity index (χ4v) is 2.20. The highest BCUT2D eigenvalue weighted by atomic mass is 32.1. The Morgan fingerprint density at radius 1 is 1.44 bits per heavy atom. The lowest BCUT2D eigenvalue weighted by Crippen LogP contribution is -2.45. The van der Waals surface area contributed by atoms with Gasteiger partial charge >= 0.3 is 6.03 Å². The standard InChI is InChI=1S/C12H21N3O2S/c1-4-12(17,5-2)8-15-11(16)14-7-10-6-13-9(3)18-10/h6,17H,4-5,7-8H2,1-3H3,(H2,14,15,16). The molecule has 0 bridgehead atoms. The number of urea groups is 1. The summed E-state index contributed by atoms with van der Waals surface area (Å²) >= 11 is 1.56. The number of hydrogen-bond acceptors (Lipinski definition) is 4. The zero-order valence-electron chi connectivity index (χ0n) is 11.1. The molecule has 2 amide bonds. The minimum Gasteiger partial charge on any atom is -0.388 e. The van der Waals surface area contributed by atoms with Crippen LogP contribution in [0.2, 0.25) is 0 Å². The third-order valence-corrected chi connectivity index (χ3v) is 3.90. The van der Waals surface area contributed by atoms with Crippen LogP contribution in [0.1, 0.15) is 36.6 Å². The molecule has 0 unspecified atom stereocenters. The first-order valence-electron chi connectivity index (χ1n) is 6.14. The quantitative estimate of drug-likeness (QED) is 0.738. The Labute approximate surface area is 112 Å². The molecule has 0 saturated carbocycles. The van der Waals surface area contributed by atoms with E-state index in [1.165, 1.54) is 0 Å². The molecule has 0 atom stereocenters. The Balaban J connectivity index is 2.30. The van der Waals surface area contributed by atoms with Crippen molar-refractivity contribution < 1.29 is 9.90 Å². The van der Waals surface area contributed by atoms with E-state index < -0.39 is 5.60 Å². The van der Waals surface area contributed by atoms with E-state index in [-0.39, 0.29) is 12.6 Å². The fourth-order valence-electron chi connectivity index (χ4n) is 1.46. The fraction of sp³-hybridized carbons (Fsp3) is 0.667. The molecule has 0 aromatic carbocycles. The van der Waals surface area contributed by atoms with Gasteiger partial charge in [0.1, 0.15) is 0 Å². The molecule has 0 aliphatic heterocycles. The van der Waals surface area contributed by atoms with E-state index in [9.17, 15) is 9.90 Å². The van der Waals surface area contributed by atoms with E-state index in [1.807, 2.05) is 20.8 Å². The van der Waals surface area contributed by atoms with Crippen LogP contribution in [0.4, 0.5) is 4.79 Å². The molecule has 18 heavy (non-hydrogen) atoms. The first-order valence-corrected chi connectivity index (χ1v) is 6.96. The van der Waals surface area contributed by atoms with Gasteiger partial charge in [-0.1, -0.05) is 13.8 Å². The lowest BCUT2D eigenvalue weighted by molar-refractivity contribution is 0.0349. The number of carbonyl (C=O) groups excluding carboxylic acids is 1. The molecule has 3 N–H and O–H groups in total. The van der Waals surface area contributed by atoms with Gasteiger partial charge in [0.15, 0.2) is 0 Å². The molecule has 0 spiro atoms. The van der Waals surface area contributed by atoms with Crippen LogP contribution < -0.4 is 10.6 Å². The third kappa shape index (κ3) is 4.62. The highest BCUT2D eigenvalue weighted by Gasteiger charge is 2.22. The van der Waals surface area contributed by atoms with Crippen molar-refractivity contribution in [3.63, 3.8) is 0 Å². The third-order valence-electron chi connectivity index (χ3n) is 2.99. The molecule has 0 fully saturated rings. The zero-order valence-corrected chi connectivity index (χ0v) is 11.9. The van der Waals surface area contributed by atoms with Gasteiger partial charge in [-0.3, -0.25) is 0 Å². The number of nitrogens with zero attached hydrogens (tertiary/aromatic N) is 1. The van der Waals surface area contributed by atoms with Gasteiger partial charge in [0, 0.05) is 17.6 Å². The number of aliphatic hydroxyl groups is 1. The predicted molar refractivity (Wildman–Crippen MR) is 72.6 cm³/mol. The van der Waals surface area contributed by atoms with E-state index in [2.05, 4.69) is 15.6 Å². The van der Waals surface area contributed by atoms with Crippen LogP contribution in [-0.4, -0.2) is 28.3 Å². The maximum Gasteiger partial charge on any atom is 0.315 e. The average Bonchev–Trinajstić information content (AvgIpc) is 2.79. The SMILES string of the molecule is CCC(O)(CC)CNC(=O)NCc1cnc(C)s1. The molecule has 0 aliphatic carbocycles. The van der Waals surface area contributed by atoms with Gasteiger partial charge in [-0.25, -0.2) is 9.78 Å². The van der Waals surface area contributed by atoms with Gasteiger partial charge in [0.05, 0.1) is 17.2 Å². The second-order valence-electron chi connectivity index (χ2n) is 4.31. The first kappa shape index (κ1) is 14.9. The van der Waals surface area contributed by atoms with Crippen molar-refractivity contribution in [3.05, 3.63) is 16.1 Å². The summed E-state index contributed by atoms with van der Waals surface area (Å²) in [6, 6.07) is -0.263. The van der Waals surface area contributed by atoms with Crippen LogP contribution in [-0.2, 0) is 6.54 Å². The van der Waals surface area contributed by atoms with Crippen LogP contribution >= 0.6 is 11.3 Å². The summed E-state index contributed by atoms with van der Waals surface area (Å²) in [4.78, 5) is 16.7. The van der Waals surface area contributed by atoms with Crippen molar-refractivity contribution >= 4 is 17.4 Å². The number of thiazole rings is 1. The Bertz CT molecular complexity index is 388. The molecule has 0 radical (unpaired) electrons. The maximum atomic E-state index is 11.6. The summed E-state index contributed by atoms with van der Waals surface area (Å²) in [5.41, 5.74) is -0.807. The summed E-state index contributed by atoms with van der Waals surface area (Å²) in [6.07, 6.45) is 3.00. The van der Waals surface area contributed by atoms with Crippen LogP contribution in [0.15, 0.2) is 6.20 Å². The maximum absolute atomic E-state index is 11.6. The molecule has 1 aromatic heterocycles. The van der Waals surface area contributed by atoms with Gasteiger partial charge in [0.25, 0.3) is 0 Å². The lowest BCUT2D eigenvalue weighted by Gasteiger charge is -2.25. The van der Waals surface area contributed by atoms with E-state index in [4.69, 9.17) is 0 Å².